The Morgan fingerprint density at radius 3 is 2.46 bits per heavy atom. The van der Waals surface area contributed by atoms with E-state index in [1.807, 2.05) is 18.2 Å². The van der Waals surface area contributed by atoms with Gasteiger partial charge < -0.3 is 14.5 Å². The number of fused-ring (bicyclic) bond motifs is 3. The zero-order chi connectivity index (χ0) is 16.6. The predicted molar refractivity (Wildman–Crippen MR) is 93.4 cm³/mol. The number of ether oxygens (including phenoxy) is 1. The van der Waals surface area contributed by atoms with Crippen molar-refractivity contribution in [3.63, 3.8) is 0 Å². The summed E-state index contributed by atoms with van der Waals surface area (Å²) in [6, 6.07) is 10.4. The summed E-state index contributed by atoms with van der Waals surface area (Å²) in [5.41, 5.74) is 1.20. The van der Waals surface area contributed by atoms with Crippen molar-refractivity contribution < 1.29 is 14.0 Å². The Morgan fingerprint density at radius 2 is 1.88 bits per heavy atom. The van der Waals surface area contributed by atoms with Gasteiger partial charge in [-0.3, -0.25) is 0 Å². The van der Waals surface area contributed by atoms with Gasteiger partial charge in [-0.2, -0.15) is 0 Å². The fourth-order valence-electron chi connectivity index (χ4n) is 4.69. The molecule has 24 heavy (non-hydrogen) atoms. The number of nitrogens with one attached hydrogen (secondary N) is 1. The van der Waals surface area contributed by atoms with Crippen molar-refractivity contribution in [2.24, 2.45) is 11.8 Å². The normalized spacial score (nSPS) is 33.5. The Balaban J connectivity index is 1.40. The van der Waals surface area contributed by atoms with Gasteiger partial charge in [0.1, 0.15) is 6.54 Å². The molecule has 5 rings (SSSR count). The number of alkyl carbamates (subject to hydrolysis) is 1. The summed E-state index contributed by atoms with van der Waals surface area (Å²) in [6.07, 6.45) is 5.92. The lowest BCUT2D eigenvalue weighted by Crippen LogP contribution is -2.62. The number of nitrogens with zero attached hydrogens (tertiary/aromatic N) is 1. The lowest BCUT2D eigenvalue weighted by molar-refractivity contribution is -0.928. The number of piperidine rings is 3. The summed E-state index contributed by atoms with van der Waals surface area (Å²) < 4.78 is 6.96. The molecule has 1 aromatic carbocycles. The summed E-state index contributed by atoms with van der Waals surface area (Å²) in [4.78, 5) is 12.6. The molecule has 1 N–H and O–H groups in total. The Bertz CT molecular complexity index is 577. The van der Waals surface area contributed by atoms with E-state index in [4.69, 9.17) is 4.74 Å². The van der Waals surface area contributed by atoms with Crippen LogP contribution in [0.3, 0.4) is 0 Å². The van der Waals surface area contributed by atoms with Gasteiger partial charge in [0, 0.05) is 18.8 Å². The molecule has 3 heterocycles. The molecule has 4 aliphatic rings. The van der Waals surface area contributed by atoms with E-state index in [1.54, 1.807) is 0 Å². The molecule has 2 atom stereocenters. The van der Waals surface area contributed by atoms with Gasteiger partial charge in [-0.05, 0) is 24.3 Å². The van der Waals surface area contributed by atoms with Gasteiger partial charge in [0.15, 0.2) is 6.10 Å². The molecule has 0 radical (unpaired) electrons. The number of quaternary nitrogens is 1. The Kier molecular flexibility index (Phi) is 4.25. The van der Waals surface area contributed by atoms with Gasteiger partial charge in [-0.15, -0.1) is 0 Å². The third-order valence-corrected chi connectivity index (χ3v) is 6.54. The maximum Gasteiger partial charge on any atom is 0.408 e. The maximum atomic E-state index is 12.6. The van der Waals surface area contributed by atoms with Gasteiger partial charge in [0.2, 0.25) is 0 Å². The number of carbonyl (C=O) groups excluding carboxylic acids is 1. The monoisotopic (exact) mass is 329 g/mol. The fraction of sp³-hybridized carbons (Fsp3) is 0.650. The smallest absolute Gasteiger partial charge is 0.408 e. The van der Waals surface area contributed by atoms with E-state index in [0.29, 0.717) is 11.8 Å². The minimum absolute atomic E-state index is 0.0929. The SMILES string of the molecule is C[N+]12CCC(CC1)[C@@H](OC(=O)NC(c1ccccc1)C1CCC1)C2. The number of rotatable bonds is 4. The second kappa shape index (κ2) is 6.40. The zero-order valence-electron chi connectivity index (χ0n) is 14.6. The van der Waals surface area contributed by atoms with Crippen molar-refractivity contribution in [2.75, 3.05) is 26.7 Å². The molecule has 1 aliphatic carbocycles. The molecular weight excluding hydrogens is 300 g/mol. The van der Waals surface area contributed by atoms with Crippen LogP contribution in [-0.4, -0.2) is 43.4 Å². The summed E-state index contributed by atoms with van der Waals surface area (Å²) in [5.74, 6) is 1.12. The minimum Gasteiger partial charge on any atom is -0.440 e. The topological polar surface area (TPSA) is 38.3 Å². The van der Waals surface area contributed by atoms with Gasteiger partial charge in [0.05, 0.1) is 26.2 Å². The van der Waals surface area contributed by atoms with Crippen molar-refractivity contribution in [1.82, 2.24) is 5.32 Å². The Hall–Kier alpha value is -1.55. The molecule has 4 heteroatoms. The van der Waals surface area contributed by atoms with Crippen LogP contribution < -0.4 is 5.32 Å². The average Bonchev–Trinajstić information content (AvgIpc) is 2.53. The zero-order valence-corrected chi connectivity index (χ0v) is 14.6. The number of hydrogen-bond acceptors (Lipinski definition) is 2. The van der Waals surface area contributed by atoms with Crippen LogP contribution in [0.2, 0.25) is 0 Å². The van der Waals surface area contributed by atoms with Crippen LogP contribution in [0.25, 0.3) is 0 Å². The van der Waals surface area contributed by atoms with Crippen LogP contribution in [0.5, 0.6) is 0 Å². The number of likely N-dealkylation sites (N-methyl/N-ethyl adjacent to an activating group) is 1. The van der Waals surface area contributed by atoms with Crippen molar-refractivity contribution >= 4 is 6.09 Å². The standard InChI is InChI=1S/C20H28N2O2/c1-22-12-10-15(11-13-22)18(14-22)24-20(23)21-19(17-8-5-9-17)16-6-3-2-4-7-16/h2-4,6-7,15,17-19H,5,8-14H2,1H3/p+1/t15?,18-,19?,22?/m0/s1. The fourth-order valence-corrected chi connectivity index (χ4v) is 4.69. The van der Waals surface area contributed by atoms with Crippen LogP contribution in [0.4, 0.5) is 4.79 Å². The van der Waals surface area contributed by atoms with Gasteiger partial charge >= 0.3 is 6.09 Å². The second-order valence-electron chi connectivity index (χ2n) is 8.25. The minimum atomic E-state index is -0.221. The molecule has 1 saturated carbocycles. The van der Waals surface area contributed by atoms with E-state index in [-0.39, 0.29) is 18.2 Å². The molecule has 130 valence electrons. The molecule has 4 fully saturated rings. The number of carbonyl (C=O) groups is 1. The number of amides is 1. The predicted octanol–water partition coefficient (Wildman–Crippen LogP) is 3.49. The van der Waals surface area contributed by atoms with E-state index < -0.39 is 0 Å². The van der Waals surface area contributed by atoms with E-state index in [9.17, 15) is 4.79 Å². The summed E-state index contributed by atoms with van der Waals surface area (Å²) in [6.45, 7) is 3.46. The van der Waals surface area contributed by atoms with E-state index >= 15 is 0 Å². The van der Waals surface area contributed by atoms with Crippen LogP contribution >= 0.6 is 0 Å². The molecule has 1 amide bonds. The largest absolute Gasteiger partial charge is 0.440 e. The van der Waals surface area contributed by atoms with Crippen molar-refractivity contribution in [1.29, 1.82) is 0 Å². The Labute approximate surface area is 144 Å². The van der Waals surface area contributed by atoms with E-state index in [2.05, 4.69) is 24.5 Å². The molecule has 0 aromatic heterocycles. The lowest BCUT2D eigenvalue weighted by Gasteiger charge is -2.49. The molecule has 1 aromatic rings. The first-order valence-corrected chi connectivity index (χ1v) is 9.49. The highest BCUT2D eigenvalue weighted by molar-refractivity contribution is 5.68. The molecule has 2 bridgehead atoms. The molecule has 0 spiro atoms. The molecule has 1 unspecified atom stereocenters. The van der Waals surface area contributed by atoms with Crippen molar-refractivity contribution in [2.45, 2.75) is 44.2 Å². The van der Waals surface area contributed by atoms with Gasteiger partial charge in [0.25, 0.3) is 0 Å². The summed E-state index contributed by atoms with van der Waals surface area (Å²) >= 11 is 0. The van der Waals surface area contributed by atoms with Crippen molar-refractivity contribution in [3.05, 3.63) is 35.9 Å². The first kappa shape index (κ1) is 15.9. The van der Waals surface area contributed by atoms with Crippen LogP contribution in [-0.2, 0) is 4.74 Å². The van der Waals surface area contributed by atoms with Gasteiger partial charge in [-0.25, -0.2) is 4.79 Å². The average molecular weight is 329 g/mol. The van der Waals surface area contributed by atoms with E-state index in [1.165, 1.54) is 50.8 Å². The molecule has 3 saturated heterocycles. The van der Waals surface area contributed by atoms with Crippen molar-refractivity contribution in [3.8, 4) is 0 Å². The highest BCUT2D eigenvalue weighted by atomic mass is 16.6. The van der Waals surface area contributed by atoms with Gasteiger partial charge in [-0.1, -0.05) is 36.8 Å². The molecular formula is C20H29N2O2+. The highest BCUT2D eigenvalue weighted by Crippen LogP contribution is 2.38. The van der Waals surface area contributed by atoms with Crippen LogP contribution in [0, 0.1) is 11.8 Å². The number of hydrogen-bond donors (Lipinski definition) is 1. The molecule has 4 nitrogen and oxygen atoms in total. The first-order chi connectivity index (χ1) is 11.6. The number of benzene rings is 1. The second-order valence-corrected chi connectivity index (χ2v) is 8.25. The summed E-state index contributed by atoms with van der Waals surface area (Å²) in [5, 5.41) is 3.19. The third kappa shape index (κ3) is 3.16. The third-order valence-electron chi connectivity index (χ3n) is 6.54. The lowest BCUT2D eigenvalue weighted by atomic mass is 9.77. The Morgan fingerprint density at radius 1 is 1.17 bits per heavy atom. The van der Waals surface area contributed by atoms with E-state index in [0.717, 1.165) is 11.0 Å². The quantitative estimate of drug-likeness (QED) is 0.859. The molecule has 3 aliphatic heterocycles. The van der Waals surface area contributed by atoms with Crippen LogP contribution in [0.15, 0.2) is 30.3 Å². The maximum absolute atomic E-state index is 12.6. The highest BCUT2D eigenvalue weighted by Gasteiger charge is 2.45. The van der Waals surface area contributed by atoms with Crippen LogP contribution in [0.1, 0.15) is 43.7 Å². The summed E-state index contributed by atoms with van der Waals surface area (Å²) in [7, 11) is 2.30. The first-order valence-electron chi connectivity index (χ1n) is 9.49.